The molecule has 0 radical (unpaired) electrons. The van der Waals surface area contributed by atoms with E-state index in [9.17, 15) is 9.59 Å². The molecule has 6 saturated carbocycles. The fourth-order valence-corrected chi connectivity index (χ4v) is 18.6. The number of unbranched alkanes of at least 4 members (excludes halogenated alkanes) is 1. The molecule has 0 spiro atoms. The largest absolute Gasteiger partial charge is 0.446 e. The molecule has 2 amide bonds. The molecule has 0 bridgehead atoms. The Balaban J connectivity index is 0.000000198. The second-order valence-electron chi connectivity index (χ2n) is 27.6. The van der Waals surface area contributed by atoms with Crippen LogP contribution < -0.4 is 28.3 Å². The van der Waals surface area contributed by atoms with Crippen molar-refractivity contribution < 1.29 is 19.1 Å². The summed E-state index contributed by atoms with van der Waals surface area (Å²) in [6.07, 6.45) is 35.6. The number of carbonyl (C=O) groups is 2. The Hall–Kier alpha value is -2.10. The number of primary amides is 2. The Morgan fingerprint density at radius 3 is 1.35 bits per heavy atom. The van der Waals surface area contributed by atoms with Gasteiger partial charge in [0.15, 0.2) is 0 Å². The summed E-state index contributed by atoms with van der Waals surface area (Å²) >= 11 is 0. The lowest BCUT2D eigenvalue weighted by atomic mass is 9.47. The zero-order valence-electron chi connectivity index (χ0n) is 48.2. The van der Waals surface area contributed by atoms with E-state index >= 15 is 0 Å². The van der Waals surface area contributed by atoms with E-state index in [1.54, 1.807) is 11.1 Å². The van der Waals surface area contributed by atoms with Crippen LogP contribution in [0.3, 0.4) is 0 Å². The van der Waals surface area contributed by atoms with Gasteiger partial charge in [-0.2, -0.15) is 0 Å². The maximum Gasteiger partial charge on any atom is 0.404 e. The van der Waals surface area contributed by atoms with Gasteiger partial charge in [0, 0.05) is 12.8 Å². The topological polar surface area (TPSA) is 169 Å². The van der Waals surface area contributed by atoms with Gasteiger partial charge in [0.1, 0.15) is 12.2 Å². The van der Waals surface area contributed by atoms with Crippen molar-refractivity contribution in [1.82, 2.24) is 5.32 Å². The maximum absolute atomic E-state index is 11.3. The third-order valence-electron chi connectivity index (χ3n) is 22.5. The predicted octanol–water partition coefficient (Wildman–Crippen LogP) is 14.6. The van der Waals surface area contributed by atoms with Gasteiger partial charge in [-0.05, 0) is 228 Å². The Labute approximate surface area is 441 Å². The highest BCUT2D eigenvalue weighted by molar-refractivity contribution is 5.65. The van der Waals surface area contributed by atoms with Gasteiger partial charge in [-0.25, -0.2) is 9.59 Å². The molecular formula is C63H113N5O4. The number of hydrogen-bond acceptors (Lipinski definition) is 7. The van der Waals surface area contributed by atoms with E-state index in [0.717, 1.165) is 149 Å². The van der Waals surface area contributed by atoms with Gasteiger partial charge in [0.2, 0.25) is 0 Å². The first-order valence-corrected chi connectivity index (χ1v) is 30.6. The van der Waals surface area contributed by atoms with Crippen LogP contribution in [0.5, 0.6) is 0 Å². The molecule has 6 fully saturated rings. The average molecular weight is 1000 g/mol. The van der Waals surface area contributed by atoms with E-state index in [0.29, 0.717) is 21.7 Å². The van der Waals surface area contributed by atoms with Crippen LogP contribution in [0.15, 0.2) is 23.3 Å². The molecule has 16 atom stereocenters. The zero-order chi connectivity index (χ0) is 52.4. The number of amides is 2. The van der Waals surface area contributed by atoms with Crippen molar-refractivity contribution in [3.8, 4) is 0 Å². The van der Waals surface area contributed by atoms with Crippen LogP contribution in [0.25, 0.3) is 0 Å². The summed E-state index contributed by atoms with van der Waals surface area (Å²) < 4.78 is 10.8. The predicted molar refractivity (Wildman–Crippen MR) is 300 cm³/mol. The van der Waals surface area contributed by atoms with Crippen molar-refractivity contribution in [2.75, 3.05) is 26.2 Å². The number of ether oxygens (including phenoxy) is 2. The summed E-state index contributed by atoms with van der Waals surface area (Å²) in [6, 6.07) is 0. The third-order valence-corrected chi connectivity index (χ3v) is 22.5. The highest BCUT2D eigenvalue weighted by atomic mass is 16.6. The first-order chi connectivity index (χ1) is 34.2. The molecule has 414 valence electrons. The van der Waals surface area contributed by atoms with Crippen LogP contribution in [-0.2, 0) is 9.47 Å². The van der Waals surface area contributed by atoms with E-state index in [1.165, 1.54) is 109 Å². The normalized spacial score (nSPS) is 38.4. The number of nitrogens with one attached hydrogen (secondary N) is 1. The van der Waals surface area contributed by atoms with Crippen molar-refractivity contribution in [1.29, 1.82) is 0 Å². The Bertz CT molecular complexity index is 1660. The number of allylic oxidation sites excluding steroid dienone is 2. The highest BCUT2D eigenvalue weighted by Gasteiger charge is 2.61. The lowest BCUT2D eigenvalue weighted by Gasteiger charge is -2.58. The molecule has 72 heavy (non-hydrogen) atoms. The Morgan fingerprint density at radius 1 is 0.542 bits per heavy atom. The van der Waals surface area contributed by atoms with Gasteiger partial charge < -0.3 is 37.7 Å². The lowest BCUT2D eigenvalue weighted by molar-refractivity contribution is -0.0578. The Kier molecular flexibility index (Phi) is 21.6. The average Bonchev–Trinajstić information content (AvgIpc) is 3.87. The summed E-state index contributed by atoms with van der Waals surface area (Å²) in [4.78, 5) is 22.5. The second-order valence-corrected chi connectivity index (χ2v) is 27.6. The summed E-state index contributed by atoms with van der Waals surface area (Å²) in [5.41, 5.74) is 26.1. The van der Waals surface area contributed by atoms with Crippen LogP contribution >= 0.6 is 0 Å². The van der Waals surface area contributed by atoms with Crippen molar-refractivity contribution in [3.63, 3.8) is 0 Å². The first kappa shape index (κ1) is 59.1. The SMILES string of the molecule is CC(C)CCC[C@@H](C)[C@H]1CCC2C3CC=C4CC(OC(N)=O)CC[C@]4(C)C3CC[C@@]21C.CC(C)CCC[C@@H](C)[C@H]1CCC2C3CC=C4CC(OC(N)=O)CC[C@]4(C)C3CC[C@@]21C.NCCCCNCCCN. The molecule has 0 heterocycles. The summed E-state index contributed by atoms with van der Waals surface area (Å²) in [6.45, 7) is 28.7. The van der Waals surface area contributed by atoms with E-state index in [-0.39, 0.29) is 12.2 Å². The fraction of sp³-hybridized carbons (Fsp3) is 0.905. The molecular weight excluding hydrogens is 891 g/mol. The molecule has 8 aliphatic rings. The molecule has 8 aliphatic carbocycles. The molecule has 8 unspecified atom stereocenters. The zero-order valence-corrected chi connectivity index (χ0v) is 48.2. The fourth-order valence-electron chi connectivity index (χ4n) is 18.6. The highest BCUT2D eigenvalue weighted by Crippen LogP contribution is 2.69. The van der Waals surface area contributed by atoms with Gasteiger partial charge in [-0.1, -0.05) is 131 Å². The number of fused-ring (bicyclic) bond motifs is 10. The van der Waals surface area contributed by atoms with Crippen LogP contribution in [-0.4, -0.2) is 50.6 Å². The molecule has 0 aromatic rings. The van der Waals surface area contributed by atoms with Crippen molar-refractivity contribution >= 4 is 12.2 Å². The number of rotatable bonds is 19. The van der Waals surface area contributed by atoms with Crippen LogP contribution in [0.4, 0.5) is 9.59 Å². The summed E-state index contributed by atoms with van der Waals surface area (Å²) in [5.74, 6) is 10.4. The third kappa shape index (κ3) is 13.7. The minimum Gasteiger partial charge on any atom is -0.446 e. The Morgan fingerprint density at radius 2 is 0.958 bits per heavy atom. The molecule has 0 aromatic carbocycles. The minimum atomic E-state index is -0.615. The van der Waals surface area contributed by atoms with E-state index in [4.69, 9.17) is 32.4 Å². The van der Waals surface area contributed by atoms with Crippen LogP contribution in [0.1, 0.15) is 230 Å². The molecule has 9 nitrogen and oxygen atoms in total. The van der Waals surface area contributed by atoms with E-state index < -0.39 is 12.2 Å². The summed E-state index contributed by atoms with van der Waals surface area (Å²) in [7, 11) is 0. The molecule has 0 aliphatic heterocycles. The van der Waals surface area contributed by atoms with E-state index in [2.05, 4.69) is 86.7 Å². The first-order valence-electron chi connectivity index (χ1n) is 30.6. The number of carbonyl (C=O) groups excluding carboxylic acids is 2. The molecule has 8 rings (SSSR count). The van der Waals surface area contributed by atoms with Crippen molar-refractivity contribution in [2.24, 2.45) is 116 Å². The monoisotopic (exact) mass is 1000 g/mol. The number of hydrogen-bond donors (Lipinski definition) is 5. The van der Waals surface area contributed by atoms with Gasteiger partial charge in [-0.15, -0.1) is 0 Å². The standard InChI is InChI=1S/2C28H47NO2.C7H19N3/c2*1-18(2)7-6-8-19(3)23-11-12-24-22-10-9-20-17-21(31-26(29)30)13-15-27(20,4)25(22)14-16-28(23,24)5;8-4-1-2-6-10-7-3-5-9/h2*9,18-19,21-25H,6-8,10-17H2,1-5H3,(H2,29,30);10H,1-9H2/t2*19-,21?,22?,23-,24?,25?,27+,28-;/m11./s1. The summed E-state index contributed by atoms with van der Waals surface area (Å²) in [5, 5.41) is 3.29. The van der Waals surface area contributed by atoms with Gasteiger partial charge in [0.25, 0.3) is 0 Å². The second kappa shape index (κ2) is 26.3. The smallest absolute Gasteiger partial charge is 0.404 e. The molecule has 9 heteroatoms. The number of nitrogens with two attached hydrogens (primary N) is 4. The van der Waals surface area contributed by atoms with Crippen LogP contribution in [0.2, 0.25) is 0 Å². The maximum atomic E-state index is 11.3. The molecule has 0 aromatic heterocycles. The van der Waals surface area contributed by atoms with Gasteiger partial charge in [-0.3, -0.25) is 0 Å². The van der Waals surface area contributed by atoms with Gasteiger partial charge in [0.05, 0.1) is 0 Å². The quantitative estimate of drug-likeness (QED) is 0.0634. The van der Waals surface area contributed by atoms with Gasteiger partial charge >= 0.3 is 12.2 Å². The lowest BCUT2D eigenvalue weighted by Crippen LogP contribution is -2.51. The van der Waals surface area contributed by atoms with Crippen LogP contribution in [0, 0.1) is 92.7 Å². The molecule has 0 saturated heterocycles. The van der Waals surface area contributed by atoms with Crippen molar-refractivity contribution in [3.05, 3.63) is 23.3 Å². The van der Waals surface area contributed by atoms with E-state index in [1.807, 2.05) is 0 Å². The molecule has 9 N–H and O–H groups in total. The van der Waals surface area contributed by atoms with Crippen molar-refractivity contribution in [2.45, 2.75) is 242 Å². The minimum absolute atomic E-state index is 0.00946.